The number of aromatic nitrogens is 3. The molecule has 0 atom stereocenters. The minimum Gasteiger partial charge on any atom is -0.352 e. The maximum absolute atomic E-state index is 12.8. The molecule has 1 aliphatic heterocycles. The molecule has 0 saturated heterocycles. The van der Waals surface area contributed by atoms with Crippen LogP contribution in [0.3, 0.4) is 0 Å². The van der Waals surface area contributed by atoms with Gasteiger partial charge in [0.15, 0.2) is 0 Å². The first-order valence-electron chi connectivity index (χ1n) is 9.29. The second kappa shape index (κ2) is 7.30. The van der Waals surface area contributed by atoms with Gasteiger partial charge in [0.1, 0.15) is 12.2 Å². The highest BCUT2D eigenvalue weighted by Crippen LogP contribution is 2.31. The first-order chi connectivity index (χ1) is 13.1. The quantitative estimate of drug-likeness (QED) is 0.782. The standard InChI is InChI=1S/C19H21N5O3/c25-17(20-9-8-16-21-11-22-23-16)12-6-7-14-15(10-12)19(27)24(18(14)26)13-4-2-1-3-5-13/h6-7,10-11,13H,1-5,8-9H2,(H,20,25)(H,21,22,23). The maximum Gasteiger partial charge on any atom is 0.261 e. The first kappa shape index (κ1) is 17.4. The van der Waals surface area contributed by atoms with Gasteiger partial charge >= 0.3 is 0 Å². The molecule has 0 radical (unpaired) electrons. The molecule has 1 fully saturated rings. The van der Waals surface area contributed by atoms with E-state index < -0.39 is 0 Å². The molecule has 1 saturated carbocycles. The number of amides is 3. The number of rotatable bonds is 5. The smallest absolute Gasteiger partial charge is 0.261 e. The Balaban J connectivity index is 1.46. The molecular formula is C19H21N5O3. The van der Waals surface area contributed by atoms with Gasteiger partial charge in [-0.1, -0.05) is 19.3 Å². The molecule has 140 valence electrons. The van der Waals surface area contributed by atoms with Crippen molar-refractivity contribution in [1.29, 1.82) is 0 Å². The molecule has 2 aliphatic rings. The van der Waals surface area contributed by atoms with Gasteiger partial charge in [-0.25, -0.2) is 4.98 Å². The fourth-order valence-electron chi connectivity index (χ4n) is 3.82. The van der Waals surface area contributed by atoms with Crippen molar-refractivity contribution < 1.29 is 14.4 Å². The number of H-pyrrole nitrogens is 1. The van der Waals surface area contributed by atoms with E-state index in [1.807, 2.05) is 0 Å². The Morgan fingerprint density at radius 1 is 1.15 bits per heavy atom. The number of nitrogens with zero attached hydrogens (tertiary/aromatic N) is 3. The van der Waals surface area contributed by atoms with E-state index in [1.165, 1.54) is 17.3 Å². The molecule has 2 aromatic rings. The zero-order valence-electron chi connectivity index (χ0n) is 14.9. The third kappa shape index (κ3) is 3.34. The fourth-order valence-corrected chi connectivity index (χ4v) is 3.82. The molecule has 8 heteroatoms. The zero-order valence-corrected chi connectivity index (χ0v) is 14.9. The molecule has 1 aromatic heterocycles. The van der Waals surface area contributed by atoms with Gasteiger partial charge in [0.25, 0.3) is 17.7 Å². The van der Waals surface area contributed by atoms with Gasteiger partial charge in [0.2, 0.25) is 0 Å². The third-order valence-corrected chi connectivity index (χ3v) is 5.23. The number of fused-ring (bicyclic) bond motifs is 1. The summed E-state index contributed by atoms with van der Waals surface area (Å²) in [5.41, 5.74) is 1.09. The first-order valence-corrected chi connectivity index (χ1v) is 9.29. The van der Waals surface area contributed by atoms with Gasteiger partial charge in [-0.3, -0.25) is 24.4 Å². The molecule has 0 unspecified atom stereocenters. The Morgan fingerprint density at radius 2 is 1.93 bits per heavy atom. The van der Waals surface area contributed by atoms with Crippen LogP contribution in [0, 0.1) is 0 Å². The van der Waals surface area contributed by atoms with Crippen LogP contribution in [0.5, 0.6) is 0 Å². The lowest BCUT2D eigenvalue weighted by Crippen LogP contribution is -2.40. The molecule has 27 heavy (non-hydrogen) atoms. The summed E-state index contributed by atoms with van der Waals surface area (Å²) in [6, 6.07) is 4.69. The van der Waals surface area contributed by atoms with Gasteiger partial charge in [-0.05, 0) is 31.0 Å². The van der Waals surface area contributed by atoms with Crippen molar-refractivity contribution in [1.82, 2.24) is 25.4 Å². The zero-order chi connectivity index (χ0) is 18.8. The number of hydrogen-bond donors (Lipinski definition) is 2. The number of aromatic amines is 1. The van der Waals surface area contributed by atoms with Crippen LogP contribution in [-0.4, -0.2) is 50.4 Å². The predicted octanol–water partition coefficient (Wildman–Crippen LogP) is 1.71. The van der Waals surface area contributed by atoms with Crippen LogP contribution >= 0.6 is 0 Å². The van der Waals surface area contributed by atoms with E-state index in [1.54, 1.807) is 12.1 Å². The molecule has 3 amide bonds. The summed E-state index contributed by atoms with van der Waals surface area (Å²) >= 11 is 0. The summed E-state index contributed by atoms with van der Waals surface area (Å²) in [7, 11) is 0. The van der Waals surface area contributed by atoms with E-state index in [0.29, 0.717) is 35.5 Å². The van der Waals surface area contributed by atoms with Crippen LogP contribution in [0.1, 0.15) is 69.0 Å². The van der Waals surface area contributed by atoms with Crippen LogP contribution in [0.2, 0.25) is 0 Å². The molecule has 2 heterocycles. The number of benzene rings is 1. The van der Waals surface area contributed by atoms with Crippen LogP contribution in [0.15, 0.2) is 24.5 Å². The van der Waals surface area contributed by atoms with E-state index in [-0.39, 0.29) is 23.8 Å². The third-order valence-electron chi connectivity index (χ3n) is 5.23. The van der Waals surface area contributed by atoms with Gasteiger partial charge < -0.3 is 5.32 Å². The monoisotopic (exact) mass is 367 g/mol. The molecule has 0 spiro atoms. The SMILES string of the molecule is O=C(NCCc1ncn[nH]1)c1ccc2c(c1)C(=O)N(C1CCCCC1)C2=O. The summed E-state index contributed by atoms with van der Waals surface area (Å²) < 4.78 is 0. The van der Waals surface area contributed by atoms with Crippen molar-refractivity contribution in [2.75, 3.05) is 6.54 Å². The second-order valence-corrected chi connectivity index (χ2v) is 6.97. The van der Waals surface area contributed by atoms with Crippen molar-refractivity contribution in [3.8, 4) is 0 Å². The van der Waals surface area contributed by atoms with E-state index in [9.17, 15) is 14.4 Å². The topological polar surface area (TPSA) is 108 Å². The molecule has 8 nitrogen and oxygen atoms in total. The highest BCUT2D eigenvalue weighted by Gasteiger charge is 2.40. The summed E-state index contributed by atoms with van der Waals surface area (Å²) in [5, 5.41) is 9.28. The van der Waals surface area contributed by atoms with E-state index in [2.05, 4.69) is 20.5 Å². The lowest BCUT2D eigenvalue weighted by molar-refractivity contribution is 0.0549. The Kier molecular flexibility index (Phi) is 4.70. The highest BCUT2D eigenvalue weighted by molar-refractivity contribution is 6.22. The normalized spacial score (nSPS) is 17.3. The maximum atomic E-state index is 12.8. The van der Waals surface area contributed by atoms with Crippen molar-refractivity contribution in [2.45, 2.75) is 44.6 Å². The number of nitrogens with one attached hydrogen (secondary N) is 2. The van der Waals surface area contributed by atoms with Gasteiger partial charge in [-0.15, -0.1) is 0 Å². The lowest BCUT2D eigenvalue weighted by Gasteiger charge is -2.29. The number of imide groups is 1. The number of hydrogen-bond acceptors (Lipinski definition) is 5. The number of carbonyl (C=O) groups excluding carboxylic acids is 3. The Bertz CT molecular complexity index is 871. The van der Waals surface area contributed by atoms with Crippen LogP contribution in [0.25, 0.3) is 0 Å². The Labute approximate surface area is 156 Å². The minimum absolute atomic E-state index is 0.0228. The number of carbonyl (C=O) groups is 3. The highest BCUT2D eigenvalue weighted by atomic mass is 16.2. The van der Waals surface area contributed by atoms with E-state index >= 15 is 0 Å². The van der Waals surface area contributed by atoms with Crippen molar-refractivity contribution in [3.63, 3.8) is 0 Å². The van der Waals surface area contributed by atoms with Gasteiger partial charge in [-0.2, -0.15) is 5.10 Å². The lowest BCUT2D eigenvalue weighted by atomic mass is 9.94. The molecule has 1 aliphatic carbocycles. The summed E-state index contributed by atoms with van der Waals surface area (Å²) in [5.74, 6) is -0.112. The van der Waals surface area contributed by atoms with Crippen molar-refractivity contribution in [2.24, 2.45) is 0 Å². The van der Waals surface area contributed by atoms with Crippen molar-refractivity contribution >= 4 is 17.7 Å². The van der Waals surface area contributed by atoms with E-state index in [0.717, 1.165) is 32.1 Å². The average Bonchev–Trinajstić information content (AvgIpc) is 3.29. The Morgan fingerprint density at radius 3 is 2.67 bits per heavy atom. The molecule has 1 aromatic carbocycles. The van der Waals surface area contributed by atoms with Gasteiger partial charge in [0.05, 0.1) is 11.1 Å². The van der Waals surface area contributed by atoms with E-state index in [4.69, 9.17) is 0 Å². The largest absolute Gasteiger partial charge is 0.352 e. The molecule has 4 rings (SSSR count). The summed E-state index contributed by atoms with van der Waals surface area (Å²) in [6.07, 6.45) is 6.90. The molecule has 0 bridgehead atoms. The summed E-state index contributed by atoms with van der Waals surface area (Å²) in [6.45, 7) is 0.395. The minimum atomic E-state index is -0.284. The second-order valence-electron chi connectivity index (χ2n) is 6.97. The van der Waals surface area contributed by atoms with Crippen LogP contribution in [0.4, 0.5) is 0 Å². The summed E-state index contributed by atoms with van der Waals surface area (Å²) in [4.78, 5) is 43.3. The predicted molar refractivity (Wildman–Crippen MR) is 96.2 cm³/mol. The van der Waals surface area contributed by atoms with Crippen molar-refractivity contribution in [3.05, 3.63) is 47.0 Å². The van der Waals surface area contributed by atoms with Gasteiger partial charge in [0, 0.05) is 24.6 Å². The average molecular weight is 367 g/mol. The molecule has 2 N–H and O–H groups in total. The van der Waals surface area contributed by atoms with Crippen LogP contribution < -0.4 is 5.32 Å². The Hall–Kier alpha value is -3.03. The van der Waals surface area contributed by atoms with Crippen LogP contribution in [-0.2, 0) is 6.42 Å². The fraction of sp³-hybridized carbons (Fsp3) is 0.421. The molecular weight excluding hydrogens is 346 g/mol.